The van der Waals surface area contributed by atoms with E-state index in [0.29, 0.717) is 18.7 Å². The van der Waals surface area contributed by atoms with Crippen molar-refractivity contribution in [2.75, 3.05) is 13.1 Å². The van der Waals surface area contributed by atoms with Gasteiger partial charge in [-0.15, -0.1) is 0 Å². The molecule has 0 saturated heterocycles. The Morgan fingerprint density at radius 1 is 1.16 bits per heavy atom. The zero-order valence-corrected chi connectivity index (χ0v) is 10.9. The lowest BCUT2D eigenvalue weighted by atomic mass is 10.1. The summed E-state index contributed by atoms with van der Waals surface area (Å²) in [5.74, 6) is -0.199. The largest absolute Gasteiger partial charge is 0.356 e. The molecule has 0 heterocycles. The van der Waals surface area contributed by atoms with Crippen LogP contribution in [0.3, 0.4) is 0 Å². The number of amides is 2. The maximum atomic E-state index is 11.6. The minimum Gasteiger partial charge on any atom is -0.356 e. The van der Waals surface area contributed by atoms with E-state index >= 15 is 0 Å². The van der Waals surface area contributed by atoms with Crippen LogP contribution in [0.15, 0.2) is 24.3 Å². The zero-order valence-electron chi connectivity index (χ0n) is 10.9. The molecule has 5 heteroatoms. The summed E-state index contributed by atoms with van der Waals surface area (Å²) in [6, 6.07) is 8.88. The average molecular weight is 259 g/mol. The van der Waals surface area contributed by atoms with Crippen LogP contribution in [-0.2, 0) is 16.0 Å². The Balaban J connectivity index is 2.31. The molecular weight excluding hydrogens is 242 g/mol. The lowest BCUT2D eigenvalue weighted by Crippen LogP contribution is -2.31. The highest BCUT2D eigenvalue weighted by molar-refractivity contribution is 5.80. The van der Waals surface area contributed by atoms with E-state index in [-0.39, 0.29) is 24.7 Å². The van der Waals surface area contributed by atoms with Crippen molar-refractivity contribution in [2.45, 2.75) is 19.8 Å². The molecule has 0 saturated carbocycles. The number of carbonyl (C=O) groups excluding carboxylic acids is 2. The Morgan fingerprint density at radius 3 is 2.42 bits per heavy atom. The third-order valence-corrected chi connectivity index (χ3v) is 2.50. The molecule has 100 valence electrons. The van der Waals surface area contributed by atoms with E-state index < -0.39 is 0 Å². The van der Waals surface area contributed by atoms with Crippen molar-refractivity contribution in [2.24, 2.45) is 0 Å². The fourth-order valence-corrected chi connectivity index (χ4v) is 1.55. The molecule has 0 atom stereocenters. The lowest BCUT2D eigenvalue weighted by Gasteiger charge is -2.05. The van der Waals surface area contributed by atoms with Gasteiger partial charge in [0.1, 0.15) is 0 Å². The van der Waals surface area contributed by atoms with Crippen LogP contribution in [0.5, 0.6) is 0 Å². The van der Waals surface area contributed by atoms with Crippen molar-refractivity contribution >= 4 is 11.8 Å². The summed E-state index contributed by atoms with van der Waals surface area (Å²) in [7, 11) is 0. The van der Waals surface area contributed by atoms with Crippen LogP contribution in [0, 0.1) is 11.3 Å². The summed E-state index contributed by atoms with van der Waals surface area (Å²) < 4.78 is 0. The van der Waals surface area contributed by atoms with E-state index in [2.05, 4.69) is 10.6 Å². The van der Waals surface area contributed by atoms with Gasteiger partial charge in [0, 0.05) is 19.5 Å². The first-order valence-electron chi connectivity index (χ1n) is 6.18. The number of hydrogen-bond donors (Lipinski definition) is 2. The van der Waals surface area contributed by atoms with Gasteiger partial charge in [-0.05, 0) is 24.6 Å². The molecular formula is C14H17N3O2. The van der Waals surface area contributed by atoms with Crippen molar-refractivity contribution in [3.05, 3.63) is 35.4 Å². The first kappa shape index (κ1) is 14.7. The fourth-order valence-electron chi connectivity index (χ4n) is 1.55. The average Bonchev–Trinajstić information content (AvgIpc) is 2.40. The van der Waals surface area contributed by atoms with E-state index in [9.17, 15) is 9.59 Å². The molecule has 0 spiro atoms. The van der Waals surface area contributed by atoms with Crippen molar-refractivity contribution in [1.29, 1.82) is 5.26 Å². The third kappa shape index (κ3) is 5.68. The molecule has 0 bridgehead atoms. The van der Waals surface area contributed by atoms with Crippen LogP contribution in [0.4, 0.5) is 0 Å². The molecule has 1 rings (SSSR count). The SMILES string of the molecule is CCNC(=O)CCNC(=O)Cc1ccc(C#N)cc1. The minimum absolute atomic E-state index is 0.0684. The highest BCUT2D eigenvalue weighted by Crippen LogP contribution is 2.03. The summed E-state index contributed by atoms with van der Waals surface area (Å²) in [6.07, 6.45) is 0.536. The standard InChI is InChI=1S/C14H17N3O2/c1-2-16-13(18)7-8-17-14(19)9-11-3-5-12(10-15)6-4-11/h3-6H,2,7-9H2,1H3,(H,16,18)(H,17,19). The molecule has 0 aromatic heterocycles. The Hall–Kier alpha value is -2.35. The van der Waals surface area contributed by atoms with Gasteiger partial charge in [0.2, 0.25) is 11.8 Å². The predicted molar refractivity (Wildman–Crippen MR) is 71.2 cm³/mol. The quantitative estimate of drug-likeness (QED) is 0.790. The molecule has 0 fully saturated rings. The Bertz CT molecular complexity index is 474. The van der Waals surface area contributed by atoms with E-state index in [0.717, 1.165) is 5.56 Å². The van der Waals surface area contributed by atoms with Crippen molar-refractivity contribution in [1.82, 2.24) is 10.6 Å². The second-order valence-corrected chi connectivity index (χ2v) is 4.04. The zero-order chi connectivity index (χ0) is 14.1. The maximum Gasteiger partial charge on any atom is 0.224 e. The molecule has 2 N–H and O–H groups in total. The van der Waals surface area contributed by atoms with Crippen molar-refractivity contribution in [3.8, 4) is 6.07 Å². The number of hydrogen-bond acceptors (Lipinski definition) is 3. The van der Waals surface area contributed by atoms with Gasteiger partial charge >= 0.3 is 0 Å². The molecule has 0 aliphatic rings. The number of rotatable bonds is 6. The number of nitrogens with one attached hydrogen (secondary N) is 2. The van der Waals surface area contributed by atoms with Crippen LogP contribution in [0.1, 0.15) is 24.5 Å². The number of benzene rings is 1. The molecule has 0 radical (unpaired) electrons. The lowest BCUT2D eigenvalue weighted by molar-refractivity contribution is -0.121. The summed E-state index contributed by atoms with van der Waals surface area (Å²) in [6.45, 7) is 2.78. The topological polar surface area (TPSA) is 82.0 Å². The number of nitriles is 1. The van der Waals surface area contributed by atoms with Crippen LogP contribution in [0.25, 0.3) is 0 Å². The molecule has 0 aliphatic heterocycles. The number of carbonyl (C=O) groups is 2. The second kappa shape index (κ2) is 7.88. The maximum absolute atomic E-state index is 11.6. The normalized spacial score (nSPS) is 9.47. The van der Waals surface area contributed by atoms with Crippen LogP contribution in [0.2, 0.25) is 0 Å². The molecule has 0 aliphatic carbocycles. The number of nitrogens with zero attached hydrogens (tertiary/aromatic N) is 1. The van der Waals surface area contributed by atoms with Gasteiger partial charge in [-0.2, -0.15) is 5.26 Å². The van der Waals surface area contributed by atoms with E-state index in [1.165, 1.54) is 0 Å². The van der Waals surface area contributed by atoms with Crippen molar-refractivity contribution in [3.63, 3.8) is 0 Å². The highest BCUT2D eigenvalue weighted by Gasteiger charge is 2.04. The summed E-state index contributed by atoms with van der Waals surface area (Å²) in [5.41, 5.74) is 1.41. The molecule has 1 aromatic carbocycles. The van der Waals surface area contributed by atoms with Crippen LogP contribution >= 0.6 is 0 Å². The van der Waals surface area contributed by atoms with Gasteiger partial charge < -0.3 is 10.6 Å². The monoisotopic (exact) mass is 259 g/mol. The smallest absolute Gasteiger partial charge is 0.224 e. The molecule has 0 unspecified atom stereocenters. The van der Waals surface area contributed by atoms with Gasteiger partial charge in [-0.25, -0.2) is 0 Å². The third-order valence-electron chi connectivity index (χ3n) is 2.50. The minimum atomic E-state index is -0.131. The first-order valence-corrected chi connectivity index (χ1v) is 6.18. The van der Waals surface area contributed by atoms with Gasteiger partial charge in [0.15, 0.2) is 0 Å². The first-order chi connectivity index (χ1) is 9.15. The Kier molecular flexibility index (Phi) is 6.10. The summed E-state index contributed by atoms with van der Waals surface area (Å²) >= 11 is 0. The molecule has 2 amide bonds. The Labute approximate surface area is 112 Å². The summed E-state index contributed by atoms with van der Waals surface area (Å²) in [5, 5.41) is 14.0. The van der Waals surface area contributed by atoms with Gasteiger partial charge in [-0.1, -0.05) is 12.1 Å². The molecule has 19 heavy (non-hydrogen) atoms. The van der Waals surface area contributed by atoms with Gasteiger partial charge in [0.25, 0.3) is 0 Å². The van der Waals surface area contributed by atoms with E-state index in [1.54, 1.807) is 24.3 Å². The molecule has 1 aromatic rings. The van der Waals surface area contributed by atoms with Crippen molar-refractivity contribution < 1.29 is 9.59 Å². The van der Waals surface area contributed by atoms with Crippen LogP contribution < -0.4 is 10.6 Å². The predicted octanol–water partition coefficient (Wildman–Crippen LogP) is 0.743. The van der Waals surface area contributed by atoms with Gasteiger partial charge in [-0.3, -0.25) is 9.59 Å². The molecule has 5 nitrogen and oxygen atoms in total. The summed E-state index contributed by atoms with van der Waals surface area (Å²) in [4.78, 5) is 22.8. The second-order valence-electron chi connectivity index (χ2n) is 4.04. The van der Waals surface area contributed by atoms with E-state index in [4.69, 9.17) is 5.26 Å². The van der Waals surface area contributed by atoms with Gasteiger partial charge in [0.05, 0.1) is 18.1 Å². The highest BCUT2D eigenvalue weighted by atomic mass is 16.2. The van der Waals surface area contributed by atoms with Crippen LogP contribution in [-0.4, -0.2) is 24.9 Å². The Morgan fingerprint density at radius 2 is 1.84 bits per heavy atom. The van der Waals surface area contributed by atoms with E-state index in [1.807, 2.05) is 13.0 Å². The fraction of sp³-hybridized carbons (Fsp3) is 0.357.